The number of carbonyl (C=O) groups excluding carboxylic acids is 1. The van der Waals surface area contributed by atoms with Gasteiger partial charge in [0.15, 0.2) is 0 Å². The van der Waals surface area contributed by atoms with Crippen molar-refractivity contribution < 1.29 is 9.18 Å². The van der Waals surface area contributed by atoms with Crippen LogP contribution in [0.2, 0.25) is 0 Å². The van der Waals surface area contributed by atoms with E-state index in [0.29, 0.717) is 17.3 Å². The highest BCUT2D eigenvalue weighted by molar-refractivity contribution is 5.77. The van der Waals surface area contributed by atoms with Crippen molar-refractivity contribution in [2.75, 3.05) is 18.0 Å². The van der Waals surface area contributed by atoms with Gasteiger partial charge in [0.25, 0.3) is 0 Å². The van der Waals surface area contributed by atoms with E-state index < -0.39 is 0 Å². The third-order valence-corrected chi connectivity index (χ3v) is 3.52. The third-order valence-electron chi connectivity index (χ3n) is 3.52. The number of carbonyl (C=O) groups is 1. The molecule has 0 spiro atoms. The maximum Gasteiger partial charge on any atom is 0.150 e. The van der Waals surface area contributed by atoms with Gasteiger partial charge in [-0.25, -0.2) is 4.39 Å². The second kappa shape index (κ2) is 4.47. The lowest BCUT2D eigenvalue weighted by Gasteiger charge is -2.38. The fourth-order valence-corrected chi connectivity index (χ4v) is 2.22. The zero-order valence-electron chi connectivity index (χ0n) is 10.4. The summed E-state index contributed by atoms with van der Waals surface area (Å²) in [7, 11) is 0. The summed E-state index contributed by atoms with van der Waals surface area (Å²) in [6, 6.07) is 4.53. The van der Waals surface area contributed by atoms with E-state index in [-0.39, 0.29) is 5.82 Å². The van der Waals surface area contributed by atoms with Gasteiger partial charge in [0.05, 0.1) is 0 Å². The number of aldehydes is 1. The number of benzene rings is 1. The molecule has 17 heavy (non-hydrogen) atoms. The first-order chi connectivity index (χ1) is 8.00. The molecule has 1 aliphatic heterocycles. The predicted octanol–water partition coefficient (Wildman–Crippen LogP) is 3.26. The maximum atomic E-state index is 13.3. The third kappa shape index (κ3) is 2.84. The minimum absolute atomic E-state index is 0.338. The van der Waals surface area contributed by atoms with Gasteiger partial charge >= 0.3 is 0 Å². The topological polar surface area (TPSA) is 20.3 Å². The molecule has 2 nitrogen and oxygen atoms in total. The van der Waals surface area contributed by atoms with E-state index in [1.807, 2.05) is 0 Å². The molecule has 1 aromatic rings. The van der Waals surface area contributed by atoms with Crippen LogP contribution in [0.15, 0.2) is 18.2 Å². The molecule has 0 atom stereocenters. The van der Waals surface area contributed by atoms with Crippen molar-refractivity contribution in [3.63, 3.8) is 0 Å². The highest BCUT2D eigenvalue weighted by atomic mass is 19.1. The summed E-state index contributed by atoms with van der Waals surface area (Å²) >= 11 is 0. The average molecular weight is 235 g/mol. The lowest BCUT2D eigenvalue weighted by atomic mass is 9.82. The molecule has 1 heterocycles. The van der Waals surface area contributed by atoms with Gasteiger partial charge in [0.1, 0.15) is 12.1 Å². The van der Waals surface area contributed by atoms with Crippen LogP contribution in [-0.4, -0.2) is 19.4 Å². The van der Waals surface area contributed by atoms with Gasteiger partial charge in [-0.1, -0.05) is 13.8 Å². The van der Waals surface area contributed by atoms with E-state index in [1.165, 1.54) is 12.1 Å². The van der Waals surface area contributed by atoms with Crippen molar-refractivity contribution in [1.82, 2.24) is 0 Å². The fraction of sp³-hybridized carbons (Fsp3) is 0.500. The normalized spacial score (nSPS) is 19.1. The molecule has 0 aliphatic carbocycles. The van der Waals surface area contributed by atoms with Gasteiger partial charge in [0.2, 0.25) is 0 Å². The van der Waals surface area contributed by atoms with Crippen LogP contribution in [-0.2, 0) is 0 Å². The Morgan fingerprint density at radius 1 is 1.24 bits per heavy atom. The van der Waals surface area contributed by atoms with E-state index in [1.54, 1.807) is 6.07 Å². The zero-order valence-corrected chi connectivity index (χ0v) is 10.4. The summed E-state index contributed by atoms with van der Waals surface area (Å²) in [5.41, 5.74) is 1.60. The molecule has 0 amide bonds. The Morgan fingerprint density at radius 3 is 2.47 bits per heavy atom. The van der Waals surface area contributed by atoms with Crippen LogP contribution in [0, 0.1) is 11.2 Å². The first-order valence-electron chi connectivity index (χ1n) is 6.01. The SMILES string of the molecule is CC1(C)CCN(c2cc(F)cc(C=O)c2)CC1. The Bertz CT molecular complexity index is 418. The molecule has 0 unspecified atom stereocenters. The molecule has 0 radical (unpaired) electrons. The lowest BCUT2D eigenvalue weighted by Crippen LogP contribution is -2.37. The quantitative estimate of drug-likeness (QED) is 0.733. The van der Waals surface area contributed by atoms with Crippen molar-refractivity contribution in [2.45, 2.75) is 26.7 Å². The molecule has 1 aromatic carbocycles. The summed E-state index contributed by atoms with van der Waals surface area (Å²) in [5, 5.41) is 0. The van der Waals surface area contributed by atoms with Crippen LogP contribution in [0.5, 0.6) is 0 Å². The van der Waals surface area contributed by atoms with Gasteiger partial charge in [-0.05, 0) is 36.5 Å². The number of hydrogen-bond acceptors (Lipinski definition) is 2. The summed E-state index contributed by atoms with van der Waals surface area (Å²) < 4.78 is 13.3. The molecule has 0 aromatic heterocycles. The Kier molecular flexibility index (Phi) is 3.18. The maximum absolute atomic E-state index is 13.3. The van der Waals surface area contributed by atoms with Crippen molar-refractivity contribution in [3.8, 4) is 0 Å². The van der Waals surface area contributed by atoms with Crippen LogP contribution in [0.25, 0.3) is 0 Å². The van der Waals surface area contributed by atoms with Crippen LogP contribution in [0.3, 0.4) is 0 Å². The minimum Gasteiger partial charge on any atom is -0.371 e. The number of piperidine rings is 1. The number of halogens is 1. The standard InChI is InChI=1S/C14H18FNO/c1-14(2)3-5-16(6-4-14)13-8-11(10-17)7-12(15)9-13/h7-10H,3-6H2,1-2H3. The second-order valence-corrected chi connectivity index (χ2v) is 5.51. The monoisotopic (exact) mass is 235 g/mol. The fourth-order valence-electron chi connectivity index (χ4n) is 2.22. The molecule has 1 saturated heterocycles. The highest BCUT2D eigenvalue weighted by Crippen LogP contribution is 2.32. The predicted molar refractivity (Wildman–Crippen MR) is 67.0 cm³/mol. The summed E-state index contributed by atoms with van der Waals surface area (Å²) in [5.74, 6) is -0.338. The first kappa shape index (κ1) is 12.1. The number of anilines is 1. The van der Waals surface area contributed by atoms with E-state index in [9.17, 15) is 9.18 Å². The van der Waals surface area contributed by atoms with E-state index in [2.05, 4.69) is 18.7 Å². The molecular formula is C14H18FNO. The molecule has 0 N–H and O–H groups in total. The number of hydrogen-bond donors (Lipinski definition) is 0. The number of rotatable bonds is 2. The van der Waals surface area contributed by atoms with Gasteiger partial charge < -0.3 is 4.90 Å². The molecular weight excluding hydrogens is 217 g/mol. The summed E-state index contributed by atoms with van der Waals surface area (Å²) in [6.45, 7) is 6.36. The molecule has 1 aliphatic rings. The van der Waals surface area contributed by atoms with Crippen molar-refractivity contribution in [1.29, 1.82) is 0 Å². The molecule has 0 saturated carbocycles. The van der Waals surface area contributed by atoms with Crippen molar-refractivity contribution in [2.24, 2.45) is 5.41 Å². The van der Waals surface area contributed by atoms with E-state index >= 15 is 0 Å². The number of nitrogens with zero attached hydrogens (tertiary/aromatic N) is 1. The van der Waals surface area contributed by atoms with Crippen LogP contribution >= 0.6 is 0 Å². The zero-order chi connectivity index (χ0) is 12.5. The van der Waals surface area contributed by atoms with Crippen LogP contribution in [0.1, 0.15) is 37.0 Å². The summed E-state index contributed by atoms with van der Waals surface area (Å²) in [4.78, 5) is 12.9. The molecule has 2 rings (SSSR count). The van der Waals surface area contributed by atoms with E-state index in [4.69, 9.17) is 0 Å². The van der Waals surface area contributed by atoms with Gasteiger partial charge in [-0.15, -0.1) is 0 Å². The molecule has 1 fully saturated rings. The van der Waals surface area contributed by atoms with Crippen molar-refractivity contribution >= 4 is 12.0 Å². The molecule has 92 valence electrons. The lowest BCUT2D eigenvalue weighted by molar-refractivity contribution is 0.112. The van der Waals surface area contributed by atoms with Crippen LogP contribution < -0.4 is 4.90 Å². The average Bonchev–Trinajstić information content (AvgIpc) is 2.28. The van der Waals surface area contributed by atoms with Gasteiger partial charge in [-0.3, -0.25) is 4.79 Å². The first-order valence-corrected chi connectivity index (χ1v) is 6.01. The summed E-state index contributed by atoms with van der Waals surface area (Å²) in [6.07, 6.45) is 2.89. The van der Waals surface area contributed by atoms with Crippen molar-refractivity contribution in [3.05, 3.63) is 29.6 Å². The Balaban J connectivity index is 2.18. The largest absolute Gasteiger partial charge is 0.371 e. The van der Waals surface area contributed by atoms with Gasteiger partial charge in [-0.2, -0.15) is 0 Å². The van der Waals surface area contributed by atoms with Gasteiger partial charge in [0, 0.05) is 24.3 Å². The van der Waals surface area contributed by atoms with Crippen LogP contribution in [0.4, 0.5) is 10.1 Å². The smallest absolute Gasteiger partial charge is 0.150 e. The minimum atomic E-state index is -0.338. The Hall–Kier alpha value is -1.38. The molecule has 0 bridgehead atoms. The Morgan fingerprint density at radius 2 is 1.88 bits per heavy atom. The Labute approximate surface area is 101 Å². The molecule has 3 heteroatoms. The highest BCUT2D eigenvalue weighted by Gasteiger charge is 2.25. The second-order valence-electron chi connectivity index (χ2n) is 5.51. The van der Waals surface area contributed by atoms with E-state index in [0.717, 1.165) is 31.6 Å².